The van der Waals surface area contributed by atoms with E-state index in [0.29, 0.717) is 0 Å². The van der Waals surface area contributed by atoms with E-state index in [4.69, 9.17) is 22.8 Å². The van der Waals surface area contributed by atoms with Gasteiger partial charge in [-0.25, -0.2) is 9.59 Å². The second-order valence-electron chi connectivity index (χ2n) is 5.38. The molecule has 0 spiro atoms. The van der Waals surface area contributed by atoms with Crippen molar-refractivity contribution in [1.29, 1.82) is 0 Å². The van der Waals surface area contributed by atoms with Crippen LogP contribution in [-0.2, 0) is 57.5 Å². The van der Waals surface area contributed by atoms with E-state index in [2.05, 4.69) is 57.9 Å². The molecule has 0 heterocycles. The van der Waals surface area contributed by atoms with Crippen molar-refractivity contribution < 1.29 is 67.1 Å². The van der Waals surface area contributed by atoms with Gasteiger partial charge in [-0.1, -0.05) is 19.7 Å². The van der Waals surface area contributed by atoms with Gasteiger partial charge in [-0.05, 0) is 17.7 Å². The molecule has 0 amide bonds. The predicted octanol–water partition coefficient (Wildman–Crippen LogP) is 2.09. The third-order valence-electron chi connectivity index (χ3n) is 3.13. The van der Waals surface area contributed by atoms with Gasteiger partial charge >= 0.3 is 31.5 Å². The Morgan fingerprint density at radius 1 is 0.829 bits per heavy atom. The molecule has 0 saturated heterocycles. The molecule has 0 saturated carbocycles. The Hall–Kier alpha value is -3.61. The van der Waals surface area contributed by atoms with Crippen molar-refractivity contribution in [1.82, 2.24) is 0 Å². The fourth-order valence-electron chi connectivity index (χ4n) is 1.72. The Morgan fingerprint density at radius 3 is 1.77 bits per heavy atom. The van der Waals surface area contributed by atoms with E-state index in [1.165, 1.54) is 24.5 Å². The molecule has 0 atom stereocenters. The molecule has 11 nitrogen and oxygen atoms in total. The summed E-state index contributed by atoms with van der Waals surface area (Å²) >= 11 is 2.31. The molecule has 0 radical (unpaired) electrons. The average molecular weight is 537 g/mol. The molecule has 0 unspecified atom stereocenters. The number of ether oxygens (including phenoxy) is 6. The van der Waals surface area contributed by atoms with E-state index < -0.39 is 23.9 Å². The number of carbonyl (C=O) groups excluding carboxylic acids is 4. The van der Waals surface area contributed by atoms with Crippen LogP contribution in [0.4, 0.5) is 0 Å². The maximum absolute atomic E-state index is 11.9. The van der Waals surface area contributed by atoms with Gasteiger partial charge in [-0.2, -0.15) is 18.2 Å². The van der Waals surface area contributed by atoms with Crippen molar-refractivity contribution in [3.8, 4) is 0 Å². The number of rotatable bonds is 14. The molecule has 0 aliphatic heterocycles. The zero-order chi connectivity index (χ0) is 26.9. The molecule has 0 aliphatic carbocycles. The summed E-state index contributed by atoms with van der Waals surface area (Å²) in [5, 5.41) is 0. The van der Waals surface area contributed by atoms with E-state index in [1.807, 2.05) is 0 Å². The van der Waals surface area contributed by atoms with Crippen LogP contribution in [0, 0.1) is 13.0 Å². The first-order valence-corrected chi connectivity index (χ1v) is 9.98. The topological polar surface area (TPSA) is 141 Å². The van der Waals surface area contributed by atoms with Crippen molar-refractivity contribution in [3.63, 3.8) is 0 Å². The Kier molecular flexibility index (Phi) is 22.6. The Bertz CT molecular complexity index is 823. The normalized spacial score (nSPS) is 8.86. The second-order valence-corrected chi connectivity index (χ2v) is 5.38. The maximum atomic E-state index is 11.9. The molecule has 35 heavy (non-hydrogen) atoms. The molecule has 1 aromatic rings. The summed E-state index contributed by atoms with van der Waals surface area (Å²) in [6.45, 7) is 13.2. The number of carbonyl (C=O) groups is 4. The molecule has 1 rings (SSSR count). The molecule has 0 bridgehead atoms. The minimum atomic E-state index is -0.685. The summed E-state index contributed by atoms with van der Waals surface area (Å²) in [6, 6.07) is 6.73. The van der Waals surface area contributed by atoms with Gasteiger partial charge in [0.25, 0.3) is 11.9 Å². The Balaban J connectivity index is 0. The molecule has 0 N–H and O–H groups in total. The standard InChI is InChI=1S/C18H19O8.C5H7O2.Co.O/c1-3-16(19)24-10-11-26-18(21)15-7-5-6-14(12-15)17(20)25-9-8-23-13-22-4-2;1-3-5(6)7-4-2;;/h3-4,6-7,12H,1-2,8-11,13H2;3H,1-2,4H2;;/q2*-1;;. The van der Waals surface area contributed by atoms with Gasteiger partial charge in [-0.3, -0.25) is 9.59 Å². The van der Waals surface area contributed by atoms with Crippen molar-refractivity contribution in [3.05, 3.63) is 80.5 Å². The first-order valence-electron chi connectivity index (χ1n) is 9.56. The third kappa shape index (κ3) is 18.5. The van der Waals surface area contributed by atoms with E-state index >= 15 is 0 Å². The van der Waals surface area contributed by atoms with E-state index in [9.17, 15) is 19.2 Å². The van der Waals surface area contributed by atoms with Gasteiger partial charge < -0.3 is 35.3 Å². The number of benzene rings is 1. The van der Waals surface area contributed by atoms with Crippen LogP contribution in [0.25, 0.3) is 0 Å². The Labute approximate surface area is 211 Å². The van der Waals surface area contributed by atoms with E-state index in [-0.39, 0.29) is 51.0 Å². The van der Waals surface area contributed by atoms with Gasteiger partial charge in [0.2, 0.25) is 0 Å². The first kappa shape index (κ1) is 33.6. The quantitative estimate of drug-likeness (QED) is 0.0655. The molecular formula is C23H26CoO11-2. The predicted molar refractivity (Wildman–Crippen MR) is 116 cm³/mol. The zero-order valence-corrected chi connectivity index (χ0v) is 19.9. The zero-order valence-electron chi connectivity index (χ0n) is 18.9. The molecule has 195 valence electrons. The molecule has 12 heteroatoms. The summed E-state index contributed by atoms with van der Waals surface area (Å²) in [6.07, 6.45) is 3.34. The monoisotopic (exact) mass is 537 g/mol. The number of esters is 4. The molecule has 0 aliphatic rings. The molecular weight excluding hydrogens is 511 g/mol. The van der Waals surface area contributed by atoms with Crippen LogP contribution in [-0.4, -0.2) is 63.7 Å². The van der Waals surface area contributed by atoms with Crippen LogP contribution in [0.5, 0.6) is 0 Å². The molecule has 1 aromatic carbocycles. The number of hydrogen-bond donors (Lipinski definition) is 0. The summed E-state index contributed by atoms with van der Waals surface area (Å²) in [7, 11) is 0. The van der Waals surface area contributed by atoms with Crippen LogP contribution < -0.4 is 0 Å². The summed E-state index contributed by atoms with van der Waals surface area (Å²) in [5.41, 5.74) is 0.255. The second kappa shape index (κ2) is 23.5. The fourth-order valence-corrected chi connectivity index (χ4v) is 1.72. The van der Waals surface area contributed by atoms with Crippen molar-refractivity contribution in [2.24, 2.45) is 0 Å². The Morgan fingerprint density at radius 2 is 1.31 bits per heavy atom. The van der Waals surface area contributed by atoms with Gasteiger partial charge in [0.05, 0.1) is 12.9 Å². The van der Waals surface area contributed by atoms with Crippen LogP contribution in [0.1, 0.15) is 20.7 Å². The van der Waals surface area contributed by atoms with Crippen LogP contribution >= 0.6 is 0 Å². The van der Waals surface area contributed by atoms with E-state index in [1.54, 1.807) is 0 Å². The SMILES string of the molecule is C=CC(=O)OC[CH2-].C=COCOCCOC(=O)c1c[c-]cc(C(=O)OCCOC(=O)C=C)c1.[O]=[Co]. The minimum absolute atomic E-state index is 0.0122. The van der Waals surface area contributed by atoms with Gasteiger partial charge in [-0.15, -0.1) is 6.07 Å². The van der Waals surface area contributed by atoms with Crippen molar-refractivity contribution in [2.45, 2.75) is 0 Å². The molecule has 0 fully saturated rings. The fraction of sp³-hybridized carbons (Fsp3) is 0.261. The van der Waals surface area contributed by atoms with E-state index in [0.717, 1.165) is 12.2 Å². The number of hydrogen-bond acceptors (Lipinski definition) is 11. The third-order valence-corrected chi connectivity index (χ3v) is 3.13. The summed E-state index contributed by atoms with van der Waals surface area (Å²) in [4.78, 5) is 44.7. The van der Waals surface area contributed by atoms with Gasteiger partial charge in [0, 0.05) is 12.2 Å². The van der Waals surface area contributed by atoms with Gasteiger partial charge in [0.15, 0.2) is 6.79 Å². The van der Waals surface area contributed by atoms with Crippen molar-refractivity contribution in [2.75, 3.05) is 39.8 Å². The van der Waals surface area contributed by atoms with Gasteiger partial charge in [0.1, 0.15) is 19.8 Å². The van der Waals surface area contributed by atoms with Crippen LogP contribution in [0.2, 0.25) is 0 Å². The van der Waals surface area contributed by atoms with Crippen molar-refractivity contribution >= 4 is 23.9 Å². The average Bonchev–Trinajstić information content (AvgIpc) is 2.89. The summed E-state index contributed by atoms with van der Waals surface area (Å²) < 4.78 is 36.6. The summed E-state index contributed by atoms with van der Waals surface area (Å²) in [5.74, 6) is -2.35. The van der Waals surface area contributed by atoms with Crippen LogP contribution in [0.15, 0.2) is 56.4 Å². The molecule has 0 aromatic heterocycles. The van der Waals surface area contributed by atoms with Crippen LogP contribution in [0.3, 0.4) is 0 Å². The first-order chi connectivity index (χ1) is 16.9.